The predicted molar refractivity (Wildman–Crippen MR) is 56.1 cm³/mol. The highest BCUT2D eigenvalue weighted by atomic mass is 19.1. The van der Waals surface area contributed by atoms with Crippen molar-refractivity contribution in [2.24, 2.45) is 5.73 Å². The Morgan fingerprint density at radius 3 is 2.82 bits per heavy atom. The van der Waals surface area contributed by atoms with Gasteiger partial charge < -0.3 is 5.73 Å². The summed E-state index contributed by atoms with van der Waals surface area (Å²) in [6.07, 6.45) is 1.09. The van der Waals surface area contributed by atoms with Gasteiger partial charge in [0.25, 0.3) is 5.91 Å². The van der Waals surface area contributed by atoms with Crippen molar-refractivity contribution >= 4 is 5.91 Å². The number of halogens is 1. The summed E-state index contributed by atoms with van der Waals surface area (Å²) < 4.78 is 14.1. The topological polar surface area (TPSA) is 90.9 Å². The second-order valence-corrected chi connectivity index (χ2v) is 3.19. The van der Waals surface area contributed by atoms with Gasteiger partial charge in [-0.3, -0.25) is 9.59 Å². The Morgan fingerprint density at radius 2 is 2.18 bits per heavy atom. The van der Waals surface area contributed by atoms with Gasteiger partial charge >= 0.3 is 5.56 Å². The molecule has 0 radical (unpaired) electrons. The molecule has 0 spiro atoms. The van der Waals surface area contributed by atoms with Gasteiger partial charge in [0.05, 0.1) is 5.69 Å². The highest BCUT2D eigenvalue weighted by Crippen LogP contribution is 2.06. The van der Waals surface area contributed by atoms with Crippen LogP contribution in [0.5, 0.6) is 0 Å². The van der Waals surface area contributed by atoms with Gasteiger partial charge in [-0.25, -0.2) is 9.07 Å². The molecule has 0 atom stereocenters. The summed E-state index contributed by atoms with van der Waals surface area (Å²) in [6.45, 7) is 0. The number of hydrogen-bond acceptors (Lipinski definition) is 4. The number of carbonyl (C=O) groups excluding carboxylic acids is 1. The lowest BCUT2D eigenvalue weighted by Crippen LogP contribution is -2.28. The van der Waals surface area contributed by atoms with Crippen LogP contribution in [-0.2, 0) is 0 Å². The molecule has 0 saturated carbocycles. The molecule has 0 fully saturated rings. The van der Waals surface area contributed by atoms with Gasteiger partial charge in [-0.1, -0.05) is 6.07 Å². The van der Waals surface area contributed by atoms with Crippen molar-refractivity contribution in [1.29, 1.82) is 0 Å². The fourth-order valence-electron chi connectivity index (χ4n) is 1.24. The van der Waals surface area contributed by atoms with Gasteiger partial charge in [-0.15, -0.1) is 0 Å². The Bertz CT molecular complexity index is 638. The zero-order valence-corrected chi connectivity index (χ0v) is 8.50. The van der Waals surface area contributed by atoms with Crippen LogP contribution in [0.25, 0.3) is 5.69 Å². The second-order valence-electron chi connectivity index (χ2n) is 3.19. The Morgan fingerprint density at radius 1 is 1.41 bits per heavy atom. The first-order valence-corrected chi connectivity index (χ1v) is 4.59. The molecule has 86 valence electrons. The molecule has 1 heterocycles. The SMILES string of the molecule is NC(=O)c1nn(-c2cccc(F)c2)cnc1=O. The molecule has 2 N–H and O–H groups in total. The summed E-state index contributed by atoms with van der Waals surface area (Å²) in [5.74, 6) is -1.45. The maximum Gasteiger partial charge on any atom is 0.304 e. The maximum atomic E-state index is 13.0. The minimum atomic E-state index is -0.978. The van der Waals surface area contributed by atoms with Crippen LogP contribution in [-0.4, -0.2) is 20.7 Å². The summed E-state index contributed by atoms with van der Waals surface area (Å²) in [6, 6.07) is 5.46. The monoisotopic (exact) mass is 234 g/mol. The summed E-state index contributed by atoms with van der Waals surface area (Å²) >= 11 is 0. The standard InChI is InChI=1S/C10H7FN4O2/c11-6-2-1-3-7(4-6)15-5-13-10(17)8(14-15)9(12)16/h1-5H,(H2,12,16). The molecule has 1 aromatic heterocycles. The van der Waals surface area contributed by atoms with Crippen LogP contribution in [0.1, 0.15) is 10.5 Å². The van der Waals surface area contributed by atoms with Crippen LogP contribution in [0.4, 0.5) is 4.39 Å². The van der Waals surface area contributed by atoms with Gasteiger partial charge in [0.1, 0.15) is 12.1 Å². The van der Waals surface area contributed by atoms with Crippen LogP contribution in [0.2, 0.25) is 0 Å². The minimum absolute atomic E-state index is 0.333. The summed E-state index contributed by atoms with van der Waals surface area (Å²) in [5.41, 5.74) is 3.99. The predicted octanol–water partition coefficient (Wildman–Crippen LogP) is -0.135. The molecule has 6 nitrogen and oxygen atoms in total. The number of nitrogens with zero attached hydrogens (tertiary/aromatic N) is 3. The molecular weight excluding hydrogens is 227 g/mol. The third-order valence-electron chi connectivity index (χ3n) is 2.00. The van der Waals surface area contributed by atoms with Crippen molar-refractivity contribution in [1.82, 2.24) is 14.8 Å². The third kappa shape index (κ3) is 2.17. The van der Waals surface area contributed by atoms with Gasteiger partial charge in [0.2, 0.25) is 5.69 Å². The lowest BCUT2D eigenvalue weighted by atomic mass is 10.3. The quantitative estimate of drug-likeness (QED) is 0.783. The van der Waals surface area contributed by atoms with Crippen LogP contribution < -0.4 is 11.3 Å². The molecule has 0 aliphatic carbocycles. The van der Waals surface area contributed by atoms with Gasteiger partial charge in [-0.05, 0) is 18.2 Å². The molecule has 2 aromatic rings. The lowest BCUT2D eigenvalue weighted by Gasteiger charge is -2.04. The number of nitrogens with two attached hydrogens (primary N) is 1. The number of carbonyl (C=O) groups is 1. The van der Waals surface area contributed by atoms with E-state index in [4.69, 9.17) is 5.73 Å². The van der Waals surface area contributed by atoms with E-state index >= 15 is 0 Å². The molecule has 1 aromatic carbocycles. The average molecular weight is 234 g/mol. The van der Waals surface area contributed by atoms with E-state index in [1.165, 1.54) is 18.2 Å². The zero-order valence-electron chi connectivity index (χ0n) is 8.50. The first-order valence-electron chi connectivity index (χ1n) is 4.59. The van der Waals surface area contributed by atoms with Crippen molar-refractivity contribution in [3.05, 3.63) is 52.5 Å². The fourth-order valence-corrected chi connectivity index (χ4v) is 1.24. The van der Waals surface area contributed by atoms with Crippen molar-refractivity contribution in [2.75, 3.05) is 0 Å². The first-order chi connectivity index (χ1) is 8.08. The Hall–Kier alpha value is -2.57. The van der Waals surface area contributed by atoms with E-state index in [-0.39, 0.29) is 0 Å². The molecule has 0 bridgehead atoms. The molecule has 2 rings (SSSR count). The molecule has 1 amide bonds. The molecule has 0 aliphatic heterocycles. The van der Waals surface area contributed by atoms with Gasteiger partial charge in [-0.2, -0.15) is 10.1 Å². The van der Waals surface area contributed by atoms with E-state index in [9.17, 15) is 14.0 Å². The van der Waals surface area contributed by atoms with Gasteiger partial charge in [0.15, 0.2) is 0 Å². The smallest absolute Gasteiger partial charge is 0.304 e. The summed E-state index contributed by atoms with van der Waals surface area (Å²) in [7, 11) is 0. The Labute approximate surface area is 94.5 Å². The largest absolute Gasteiger partial charge is 0.364 e. The summed E-state index contributed by atoms with van der Waals surface area (Å²) in [5, 5.41) is 3.68. The number of aromatic nitrogens is 3. The average Bonchev–Trinajstić information content (AvgIpc) is 2.29. The fraction of sp³-hybridized carbons (Fsp3) is 0. The van der Waals surface area contributed by atoms with E-state index in [2.05, 4.69) is 10.1 Å². The Balaban J connectivity index is 2.58. The second kappa shape index (κ2) is 4.12. The van der Waals surface area contributed by atoms with E-state index in [1.807, 2.05) is 0 Å². The van der Waals surface area contributed by atoms with E-state index in [1.54, 1.807) is 6.07 Å². The van der Waals surface area contributed by atoms with Crippen molar-refractivity contribution < 1.29 is 9.18 Å². The minimum Gasteiger partial charge on any atom is -0.364 e. The first kappa shape index (κ1) is 10.9. The maximum absolute atomic E-state index is 13.0. The molecule has 7 heteroatoms. The number of hydrogen-bond donors (Lipinski definition) is 1. The van der Waals surface area contributed by atoms with Gasteiger partial charge in [0, 0.05) is 0 Å². The lowest BCUT2D eigenvalue weighted by molar-refractivity contribution is 0.0992. The third-order valence-corrected chi connectivity index (χ3v) is 2.00. The number of rotatable bonds is 2. The van der Waals surface area contributed by atoms with Crippen LogP contribution in [0.15, 0.2) is 35.4 Å². The normalized spacial score (nSPS) is 10.2. The summed E-state index contributed by atoms with van der Waals surface area (Å²) in [4.78, 5) is 25.5. The highest BCUT2D eigenvalue weighted by molar-refractivity contribution is 5.90. The van der Waals surface area contributed by atoms with Crippen LogP contribution >= 0.6 is 0 Å². The van der Waals surface area contributed by atoms with E-state index in [0.29, 0.717) is 5.69 Å². The Kier molecular flexibility index (Phi) is 2.65. The molecule has 0 saturated heterocycles. The van der Waals surface area contributed by atoms with E-state index in [0.717, 1.165) is 11.0 Å². The molecule has 0 unspecified atom stereocenters. The van der Waals surface area contributed by atoms with Crippen LogP contribution in [0.3, 0.4) is 0 Å². The van der Waals surface area contributed by atoms with Crippen LogP contribution in [0, 0.1) is 5.82 Å². The number of amides is 1. The van der Waals surface area contributed by atoms with E-state index < -0.39 is 23.0 Å². The van der Waals surface area contributed by atoms with Crippen molar-refractivity contribution in [3.8, 4) is 5.69 Å². The highest BCUT2D eigenvalue weighted by Gasteiger charge is 2.10. The van der Waals surface area contributed by atoms with Crippen molar-refractivity contribution in [2.45, 2.75) is 0 Å². The zero-order chi connectivity index (χ0) is 12.4. The van der Waals surface area contributed by atoms with Crippen molar-refractivity contribution in [3.63, 3.8) is 0 Å². The number of benzene rings is 1. The number of primary amides is 1. The molecule has 17 heavy (non-hydrogen) atoms. The molecular formula is C10H7FN4O2. The molecule has 0 aliphatic rings.